The van der Waals surface area contributed by atoms with Gasteiger partial charge in [-0.2, -0.15) is 0 Å². The Morgan fingerprint density at radius 1 is 0.824 bits per heavy atom. The SMILES string of the molecule is O=C(Cc1ccccc1)Nc1ccc(C2c3ccccc3CC2c2ccc(O)c(Cl)c2Cl)cc1. The summed E-state index contributed by atoms with van der Waals surface area (Å²) < 4.78 is 0. The average molecular weight is 488 g/mol. The van der Waals surface area contributed by atoms with Crippen molar-refractivity contribution in [2.75, 3.05) is 5.32 Å². The van der Waals surface area contributed by atoms with E-state index in [2.05, 4.69) is 41.7 Å². The number of anilines is 1. The first-order chi connectivity index (χ1) is 16.5. The Balaban J connectivity index is 1.42. The van der Waals surface area contributed by atoms with Crippen molar-refractivity contribution in [1.29, 1.82) is 0 Å². The standard InChI is InChI=1S/C29H23Cl2NO2/c30-28-23(14-15-25(33)29(28)31)24-17-20-8-4-5-9-22(20)27(24)19-10-12-21(13-11-19)32-26(34)16-18-6-2-1-3-7-18/h1-15,24,27,33H,16-17H2,(H,32,34). The number of hydrogen-bond acceptors (Lipinski definition) is 2. The van der Waals surface area contributed by atoms with Gasteiger partial charge in [-0.25, -0.2) is 0 Å². The number of halogens is 2. The van der Waals surface area contributed by atoms with E-state index in [1.807, 2.05) is 48.5 Å². The zero-order chi connectivity index (χ0) is 23.7. The highest BCUT2D eigenvalue weighted by atomic mass is 35.5. The van der Waals surface area contributed by atoms with Crippen LogP contribution in [-0.2, 0) is 17.6 Å². The van der Waals surface area contributed by atoms with Crippen LogP contribution >= 0.6 is 23.2 Å². The van der Waals surface area contributed by atoms with Crippen LogP contribution in [0, 0.1) is 0 Å². The highest BCUT2D eigenvalue weighted by Crippen LogP contribution is 2.51. The molecule has 0 radical (unpaired) electrons. The molecule has 4 aromatic rings. The third-order valence-electron chi connectivity index (χ3n) is 6.48. The lowest BCUT2D eigenvalue weighted by molar-refractivity contribution is -0.115. The Hall–Kier alpha value is -3.27. The van der Waals surface area contributed by atoms with Crippen molar-refractivity contribution >= 4 is 34.8 Å². The number of rotatable bonds is 5. The summed E-state index contributed by atoms with van der Waals surface area (Å²) in [7, 11) is 0. The van der Waals surface area contributed by atoms with Crippen molar-refractivity contribution in [3.05, 3.63) is 129 Å². The number of aromatic hydroxyl groups is 1. The molecule has 2 N–H and O–H groups in total. The molecule has 0 fully saturated rings. The number of nitrogens with one attached hydrogen (secondary N) is 1. The number of carbonyl (C=O) groups excluding carboxylic acids is 1. The summed E-state index contributed by atoms with van der Waals surface area (Å²) in [6.45, 7) is 0. The Bertz CT molecular complexity index is 1340. The molecule has 0 heterocycles. The quantitative estimate of drug-likeness (QED) is 0.309. The van der Waals surface area contributed by atoms with Crippen LogP contribution in [0.5, 0.6) is 5.75 Å². The minimum Gasteiger partial charge on any atom is -0.506 e. The second-order valence-corrected chi connectivity index (χ2v) is 9.38. The molecule has 0 saturated heterocycles. The second kappa shape index (κ2) is 9.54. The number of benzene rings is 4. The number of amides is 1. The van der Waals surface area contributed by atoms with Crippen LogP contribution in [0.4, 0.5) is 5.69 Å². The van der Waals surface area contributed by atoms with Gasteiger partial charge in [-0.1, -0.05) is 96.0 Å². The summed E-state index contributed by atoms with van der Waals surface area (Å²) in [5.41, 5.74) is 6.33. The van der Waals surface area contributed by atoms with Crippen molar-refractivity contribution in [2.45, 2.75) is 24.7 Å². The maximum Gasteiger partial charge on any atom is 0.228 e. The first-order valence-electron chi connectivity index (χ1n) is 11.2. The molecule has 170 valence electrons. The van der Waals surface area contributed by atoms with Crippen LogP contribution in [0.2, 0.25) is 10.0 Å². The molecular weight excluding hydrogens is 465 g/mol. The van der Waals surface area contributed by atoms with E-state index >= 15 is 0 Å². The summed E-state index contributed by atoms with van der Waals surface area (Å²) >= 11 is 12.9. The fourth-order valence-electron chi connectivity index (χ4n) is 4.90. The molecule has 5 heteroatoms. The summed E-state index contributed by atoms with van der Waals surface area (Å²) in [6.07, 6.45) is 1.16. The number of fused-ring (bicyclic) bond motifs is 1. The third kappa shape index (κ3) is 4.42. The fraction of sp³-hybridized carbons (Fsp3) is 0.138. The summed E-state index contributed by atoms with van der Waals surface area (Å²) in [4.78, 5) is 12.5. The molecule has 2 unspecified atom stereocenters. The Morgan fingerprint density at radius 2 is 1.53 bits per heavy atom. The lowest BCUT2D eigenvalue weighted by atomic mass is 9.81. The molecule has 0 aromatic heterocycles. The Labute approximate surface area is 209 Å². The fourth-order valence-corrected chi connectivity index (χ4v) is 5.37. The maximum absolute atomic E-state index is 12.5. The first kappa shape index (κ1) is 22.5. The van der Waals surface area contributed by atoms with E-state index in [0.717, 1.165) is 28.8 Å². The minimum absolute atomic E-state index is 0.0157. The predicted octanol–water partition coefficient (Wildman–Crippen LogP) is 7.35. The highest BCUT2D eigenvalue weighted by molar-refractivity contribution is 6.43. The van der Waals surface area contributed by atoms with E-state index < -0.39 is 0 Å². The monoisotopic (exact) mass is 487 g/mol. The summed E-state index contributed by atoms with van der Waals surface area (Å²) in [5.74, 6) is 0.108. The molecule has 0 aliphatic heterocycles. The number of phenolic OH excluding ortho intramolecular Hbond substituents is 1. The van der Waals surface area contributed by atoms with E-state index in [4.69, 9.17) is 23.2 Å². The van der Waals surface area contributed by atoms with Crippen LogP contribution in [0.3, 0.4) is 0 Å². The summed E-state index contributed by atoms with van der Waals surface area (Å²) in [6, 6.07) is 29.6. The third-order valence-corrected chi connectivity index (χ3v) is 7.37. The van der Waals surface area contributed by atoms with Gasteiger partial charge in [0.05, 0.1) is 11.4 Å². The van der Waals surface area contributed by atoms with E-state index in [1.165, 1.54) is 11.1 Å². The first-order valence-corrected chi connectivity index (χ1v) is 11.9. The van der Waals surface area contributed by atoms with Crippen LogP contribution in [0.15, 0.2) is 91.0 Å². The molecule has 0 saturated carbocycles. The maximum atomic E-state index is 12.5. The van der Waals surface area contributed by atoms with Crippen molar-refractivity contribution in [2.24, 2.45) is 0 Å². The second-order valence-electron chi connectivity index (χ2n) is 8.62. The largest absolute Gasteiger partial charge is 0.506 e. The van der Waals surface area contributed by atoms with Crippen LogP contribution in [-0.4, -0.2) is 11.0 Å². The van der Waals surface area contributed by atoms with E-state index in [1.54, 1.807) is 6.07 Å². The van der Waals surface area contributed by atoms with Crippen molar-refractivity contribution in [3.63, 3.8) is 0 Å². The lowest BCUT2D eigenvalue weighted by Gasteiger charge is -2.23. The lowest BCUT2D eigenvalue weighted by Crippen LogP contribution is -2.14. The van der Waals surface area contributed by atoms with Gasteiger partial charge in [0, 0.05) is 17.5 Å². The molecule has 2 atom stereocenters. The molecule has 34 heavy (non-hydrogen) atoms. The molecule has 3 nitrogen and oxygen atoms in total. The minimum atomic E-state index is -0.0476. The van der Waals surface area contributed by atoms with E-state index in [9.17, 15) is 9.90 Å². The zero-order valence-corrected chi connectivity index (χ0v) is 19.9. The van der Waals surface area contributed by atoms with Crippen LogP contribution < -0.4 is 5.32 Å². The average Bonchev–Trinajstić information content (AvgIpc) is 3.23. The summed E-state index contributed by atoms with van der Waals surface area (Å²) in [5, 5.41) is 13.5. The Kier molecular flexibility index (Phi) is 6.32. The van der Waals surface area contributed by atoms with Gasteiger partial charge in [-0.15, -0.1) is 0 Å². The van der Waals surface area contributed by atoms with Crippen molar-refractivity contribution < 1.29 is 9.90 Å². The van der Waals surface area contributed by atoms with Crippen molar-refractivity contribution in [3.8, 4) is 5.75 Å². The number of carbonyl (C=O) groups is 1. The molecule has 0 spiro atoms. The number of hydrogen-bond donors (Lipinski definition) is 2. The topological polar surface area (TPSA) is 49.3 Å². The molecule has 5 rings (SSSR count). The normalized spacial score (nSPS) is 16.8. The smallest absolute Gasteiger partial charge is 0.228 e. The highest BCUT2D eigenvalue weighted by Gasteiger charge is 2.36. The predicted molar refractivity (Wildman–Crippen MR) is 138 cm³/mol. The zero-order valence-electron chi connectivity index (χ0n) is 18.3. The molecule has 4 aromatic carbocycles. The van der Waals surface area contributed by atoms with E-state index in [-0.39, 0.29) is 28.5 Å². The van der Waals surface area contributed by atoms with Gasteiger partial charge in [0.2, 0.25) is 5.91 Å². The van der Waals surface area contributed by atoms with Gasteiger partial charge >= 0.3 is 0 Å². The number of phenols is 1. The van der Waals surface area contributed by atoms with Gasteiger partial charge < -0.3 is 10.4 Å². The van der Waals surface area contributed by atoms with Gasteiger partial charge in [0.15, 0.2) is 0 Å². The van der Waals surface area contributed by atoms with Gasteiger partial charge in [-0.3, -0.25) is 4.79 Å². The molecule has 1 aliphatic carbocycles. The molecule has 1 amide bonds. The van der Waals surface area contributed by atoms with Crippen LogP contribution in [0.1, 0.15) is 39.7 Å². The van der Waals surface area contributed by atoms with Crippen molar-refractivity contribution in [1.82, 2.24) is 0 Å². The Morgan fingerprint density at radius 3 is 2.29 bits per heavy atom. The molecule has 0 bridgehead atoms. The molecular formula is C29H23Cl2NO2. The van der Waals surface area contributed by atoms with Gasteiger partial charge in [0.25, 0.3) is 0 Å². The van der Waals surface area contributed by atoms with Gasteiger partial charge in [0.1, 0.15) is 10.8 Å². The van der Waals surface area contributed by atoms with E-state index in [0.29, 0.717) is 11.4 Å². The van der Waals surface area contributed by atoms with Gasteiger partial charge in [-0.05, 0) is 52.4 Å². The van der Waals surface area contributed by atoms with Crippen LogP contribution in [0.25, 0.3) is 0 Å². The molecule has 1 aliphatic rings.